The van der Waals surface area contributed by atoms with Gasteiger partial charge in [-0.05, 0) is 42.4 Å². The Morgan fingerprint density at radius 1 is 1.30 bits per heavy atom. The molecule has 0 amide bonds. The van der Waals surface area contributed by atoms with Crippen molar-refractivity contribution in [1.29, 1.82) is 0 Å². The molecule has 1 unspecified atom stereocenters. The number of hydrogen-bond donors (Lipinski definition) is 2. The summed E-state index contributed by atoms with van der Waals surface area (Å²) in [5.74, 6) is 1.11. The predicted molar refractivity (Wildman–Crippen MR) is 88.0 cm³/mol. The van der Waals surface area contributed by atoms with Gasteiger partial charge in [-0.1, -0.05) is 54.8 Å². The van der Waals surface area contributed by atoms with Crippen molar-refractivity contribution >= 4 is 15.9 Å². The number of hydrogen-bond acceptors (Lipinski definition) is 2. The van der Waals surface area contributed by atoms with E-state index in [0.717, 1.165) is 23.9 Å². The molecule has 0 radical (unpaired) electrons. The number of aliphatic hydroxyl groups excluding tert-OH is 1. The zero-order valence-electron chi connectivity index (χ0n) is 12.5. The highest BCUT2D eigenvalue weighted by atomic mass is 79.9. The first kappa shape index (κ1) is 16.0. The zero-order chi connectivity index (χ0) is 14.5. The first-order valence-electron chi connectivity index (χ1n) is 7.80. The third kappa shape index (κ3) is 4.06. The molecule has 2 rings (SSSR count). The summed E-state index contributed by atoms with van der Waals surface area (Å²) < 4.78 is 1.16. The summed E-state index contributed by atoms with van der Waals surface area (Å²) in [6.07, 6.45) is 4.29. The molecule has 1 atom stereocenters. The maximum absolute atomic E-state index is 10.1. The van der Waals surface area contributed by atoms with Crippen LogP contribution in [0.4, 0.5) is 0 Å². The van der Waals surface area contributed by atoms with Crippen LogP contribution in [-0.2, 0) is 0 Å². The number of rotatable bonds is 7. The molecule has 20 heavy (non-hydrogen) atoms. The molecule has 0 aromatic heterocycles. The minimum atomic E-state index is -0.199. The topological polar surface area (TPSA) is 32.3 Å². The lowest BCUT2D eigenvalue weighted by Gasteiger charge is -2.37. The highest BCUT2D eigenvalue weighted by Crippen LogP contribution is 2.37. The van der Waals surface area contributed by atoms with Crippen LogP contribution in [0.25, 0.3) is 0 Å². The second-order valence-electron chi connectivity index (χ2n) is 5.97. The van der Waals surface area contributed by atoms with Crippen LogP contribution in [0.3, 0.4) is 0 Å². The molecule has 1 aliphatic carbocycles. The Morgan fingerprint density at radius 3 is 2.60 bits per heavy atom. The molecule has 1 aromatic carbocycles. The van der Waals surface area contributed by atoms with Gasteiger partial charge in [0.05, 0.1) is 6.10 Å². The summed E-state index contributed by atoms with van der Waals surface area (Å²) in [4.78, 5) is 0. The van der Waals surface area contributed by atoms with Crippen molar-refractivity contribution in [1.82, 2.24) is 5.32 Å². The molecule has 0 saturated heterocycles. The van der Waals surface area contributed by atoms with Crippen LogP contribution in [-0.4, -0.2) is 23.8 Å². The standard InChI is InChI=1S/C17H26BrNO/c1-3-12(4-2)17(20)11-19-16-9-14(10-16)13-6-5-7-15(18)8-13/h5-8,12,14,16-17,19-20H,3-4,9-11H2,1-2H3. The second kappa shape index (κ2) is 7.58. The van der Waals surface area contributed by atoms with E-state index in [4.69, 9.17) is 0 Å². The van der Waals surface area contributed by atoms with Crippen molar-refractivity contribution in [3.8, 4) is 0 Å². The third-order valence-corrected chi connectivity index (χ3v) is 5.16. The lowest BCUT2D eigenvalue weighted by molar-refractivity contribution is 0.0925. The summed E-state index contributed by atoms with van der Waals surface area (Å²) in [6, 6.07) is 9.19. The molecule has 3 heteroatoms. The van der Waals surface area contributed by atoms with E-state index in [1.807, 2.05) is 0 Å². The van der Waals surface area contributed by atoms with E-state index in [1.54, 1.807) is 0 Å². The van der Waals surface area contributed by atoms with E-state index in [-0.39, 0.29) is 6.10 Å². The monoisotopic (exact) mass is 339 g/mol. The van der Waals surface area contributed by atoms with Crippen LogP contribution in [0, 0.1) is 5.92 Å². The molecule has 1 fully saturated rings. The molecule has 0 aliphatic heterocycles. The average molecular weight is 340 g/mol. The van der Waals surface area contributed by atoms with Crippen LogP contribution in [0.1, 0.15) is 51.0 Å². The summed E-state index contributed by atoms with van der Waals surface area (Å²) in [7, 11) is 0. The van der Waals surface area contributed by atoms with E-state index < -0.39 is 0 Å². The largest absolute Gasteiger partial charge is 0.392 e. The molecule has 0 bridgehead atoms. The normalized spacial score (nSPS) is 23.6. The first-order chi connectivity index (χ1) is 9.63. The fourth-order valence-corrected chi connectivity index (χ4v) is 3.52. The molecule has 2 N–H and O–H groups in total. The minimum absolute atomic E-state index is 0.199. The Hall–Kier alpha value is -0.380. The second-order valence-corrected chi connectivity index (χ2v) is 6.89. The molecule has 112 valence electrons. The van der Waals surface area contributed by atoms with Gasteiger partial charge >= 0.3 is 0 Å². The van der Waals surface area contributed by atoms with Gasteiger partial charge in [-0.25, -0.2) is 0 Å². The van der Waals surface area contributed by atoms with Crippen molar-refractivity contribution < 1.29 is 5.11 Å². The van der Waals surface area contributed by atoms with E-state index in [0.29, 0.717) is 17.9 Å². The minimum Gasteiger partial charge on any atom is -0.392 e. The quantitative estimate of drug-likeness (QED) is 0.784. The van der Waals surface area contributed by atoms with Gasteiger partial charge in [0.2, 0.25) is 0 Å². The van der Waals surface area contributed by atoms with Gasteiger partial charge in [0.15, 0.2) is 0 Å². The lowest BCUT2D eigenvalue weighted by atomic mass is 9.76. The third-order valence-electron chi connectivity index (χ3n) is 4.67. The zero-order valence-corrected chi connectivity index (χ0v) is 14.1. The Balaban J connectivity index is 1.72. The van der Waals surface area contributed by atoms with Crippen molar-refractivity contribution in [2.45, 2.75) is 57.6 Å². The van der Waals surface area contributed by atoms with Gasteiger partial charge < -0.3 is 10.4 Å². The maximum Gasteiger partial charge on any atom is 0.0692 e. The smallest absolute Gasteiger partial charge is 0.0692 e. The SMILES string of the molecule is CCC(CC)C(O)CNC1CC(c2cccc(Br)c2)C1. The van der Waals surface area contributed by atoms with Gasteiger partial charge in [-0.2, -0.15) is 0 Å². The highest BCUT2D eigenvalue weighted by molar-refractivity contribution is 9.10. The molecule has 0 spiro atoms. The molecule has 1 saturated carbocycles. The Labute approximate surface area is 131 Å². The van der Waals surface area contributed by atoms with Gasteiger partial charge in [-0.3, -0.25) is 0 Å². The van der Waals surface area contributed by atoms with Crippen LogP contribution in [0.5, 0.6) is 0 Å². The molecule has 1 aliphatic rings. The summed E-state index contributed by atoms with van der Waals surface area (Å²) in [5, 5.41) is 13.6. The Morgan fingerprint density at radius 2 is 2.00 bits per heavy atom. The molecule has 0 heterocycles. The fraction of sp³-hybridized carbons (Fsp3) is 0.647. The molecular formula is C17H26BrNO. The summed E-state index contributed by atoms with van der Waals surface area (Å²) in [6.45, 7) is 5.05. The summed E-state index contributed by atoms with van der Waals surface area (Å²) >= 11 is 3.53. The van der Waals surface area contributed by atoms with Crippen molar-refractivity contribution in [2.75, 3.05) is 6.54 Å². The van der Waals surface area contributed by atoms with Crippen LogP contribution < -0.4 is 5.32 Å². The molecular weight excluding hydrogens is 314 g/mol. The number of aliphatic hydroxyl groups is 1. The lowest BCUT2D eigenvalue weighted by Crippen LogP contribution is -2.44. The first-order valence-corrected chi connectivity index (χ1v) is 8.60. The van der Waals surface area contributed by atoms with Crippen molar-refractivity contribution in [3.63, 3.8) is 0 Å². The average Bonchev–Trinajstić information content (AvgIpc) is 2.38. The van der Waals surface area contributed by atoms with E-state index in [1.165, 1.54) is 18.4 Å². The predicted octanol–water partition coefficient (Wildman–Crippen LogP) is 4.08. The van der Waals surface area contributed by atoms with Crippen LogP contribution >= 0.6 is 15.9 Å². The number of nitrogens with one attached hydrogen (secondary N) is 1. The maximum atomic E-state index is 10.1. The van der Waals surface area contributed by atoms with Gasteiger partial charge in [-0.15, -0.1) is 0 Å². The molecule has 1 aromatic rings. The van der Waals surface area contributed by atoms with Crippen molar-refractivity contribution in [3.05, 3.63) is 34.3 Å². The Kier molecular flexibility index (Phi) is 6.06. The Bertz CT molecular complexity index is 413. The van der Waals surface area contributed by atoms with Gasteiger partial charge in [0.25, 0.3) is 0 Å². The van der Waals surface area contributed by atoms with Gasteiger partial charge in [0, 0.05) is 17.1 Å². The van der Waals surface area contributed by atoms with E-state index >= 15 is 0 Å². The van der Waals surface area contributed by atoms with E-state index in [9.17, 15) is 5.11 Å². The van der Waals surface area contributed by atoms with Crippen LogP contribution in [0.2, 0.25) is 0 Å². The van der Waals surface area contributed by atoms with Gasteiger partial charge in [0.1, 0.15) is 0 Å². The number of halogens is 1. The fourth-order valence-electron chi connectivity index (χ4n) is 3.10. The number of benzene rings is 1. The highest BCUT2D eigenvalue weighted by Gasteiger charge is 2.30. The molecule has 2 nitrogen and oxygen atoms in total. The van der Waals surface area contributed by atoms with Crippen molar-refractivity contribution in [2.24, 2.45) is 5.92 Å². The van der Waals surface area contributed by atoms with Crippen LogP contribution in [0.15, 0.2) is 28.7 Å². The van der Waals surface area contributed by atoms with E-state index in [2.05, 4.69) is 59.4 Å². The summed E-state index contributed by atoms with van der Waals surface area (Å²) in [5.41, 5.74) is 1.43.